The Labute approximate surface area is 102 Å². The van der Waals surface area contributed by atoms with Crippen LogP contribution < -0.4 is 0 Å². The van der Waals surface area contributed by atoms with Crippen molar-refractivity contribution >= 4 is 11.5 Å². The van der Waals surface area contributed by atoms with E-state index in [1.54, 1.807) is 6.92 Å². The van der Waals surface area contributed by atoms with Crippen LogP contribution in [-0.4, -0.2) is 11.1 Å². The van der Waals surface area contributed by atoms with E-state index in [-0.39, 0.29) is 0 Å². The monoisotopic (exact) mass is 230 g/mol. The maximum atomic E-state index is 11.1. The van der Waals surface area contributed by atoms with E-state index < -0.39 is 11.9 Å². The molecular formula is C15H18O2. The lowest BCUT2D eigenvalue weighted by Gasteiger charge is -2.18. The van der Waals surface area contributed by atoms with Crippen molar-refractivity contribution < 1.29 is 9.90 Å². The molecule has 1 unspecified atom stereocenters. The first kappa shape index (κ1) is 11.9. The molecule has 0 spiro atoms. The van der Waals surface area contributed by atoms with Crippen LogP contribution in [0.1, 0.15) is 49.7 Å². The van der Waals surface area contributed by atoms with E-state index in [2.05, 4.69) is 6.08 Å². The summed E-state index contributed by atoms with van der Waals surface area (Å²) in [4.78, 5) is 11.1. The van der Waals surface area contributed by atoms with Crippen molar-refractivity contribution in [1.29, 1.82) is 0 Å². The van der Waals surface area contributed by atoms with Crippen molar-refractivity contribution in [2.24, 2.45) is 0 Å². The molecule has 17 heavy (non-hydrogen) atoms. The van der Waals surface area contributed by atoms with Gasteiger partial charge in [0.25, 0.3) is 0 Å². The van der Waals surface area contributed by atoms with Crippen LogP contribution in [-0.2, 0) is 4.79 Å². The lowest BCUT2D eigenvalue weighted by Crippen LogP contribution is -2.10. The molecule has 0 amide bonds. The van der Waals surface area contributed by atoms with Gasteiger partial charge in [-0.05, 0) is 49.3 Å². The first-order valence-electron chi connectivity index (χ1n) is 6.21. The normalized spacial score (nSPS) is 17.4. The summed E-state index contributed by atoms with van der Waals surface area (Å²) in [6.07, 6.45) is 6.91. The second kappa shape index (κ2) is 5.17. The Bertz CT molecular complexity index is 446. The van der Waals surface area contributed by atoms with Gasteiger partial charge in [0.2, 0.25) is 0 Å². The van der Waals surface area contributed by atoms with Crippen LogP contribution in [0.25, 0.3) is 5.57 Å². The molecule has 2 rings (SSSR count). The van der Waals surface area contributed by atoms with E-state index in [1.165, 1.54) is 18.4 Å². The number of aliphatic carboxylic acids is 1. The van der Waals surface area contributed by atoms with Gasteiger partial charge in [0, 0.05) is 0 Å². The van der Waals surface area contributed by atoms with Crippen LogP contribution in [0, 0.1) is 0 Å². The van der Waals surface area contributed by atoms with Crippen LogP contribution in [0.4, 0.5) is 0 Å². The second-order valence-electron chi connectivity index (χ2n) is 4.62. The first-order chi connectivity index (χ1) is 8.20. The SMILES string of the molecule is CC(C(=O)O)c1ccccc1C1=CCCCC1. The number of hydrogen-bond donors (Lipinski definition) is 1. The van der Waals surface area contributed by atoms with Crippen LogP contribution in [0.2, 0.25) is 0 Å². The largest absolute Gasteiger partial charge is 0.481 e. The van der Waals surface area contributed by atoms with Gasteiger partial charge in [-0.1, -0.05) is 30.3 Å². The van der Waals surface area contributed by atoms with Crippen LogP contribution in [0.3, 0.4) is 0 Å². The zero-order valence-corrected chi connectivity index (χ0v) is 10.1. The Morgan fingerprint density at radius 2 is 2.06 bits per heavy atom. The summed E-state index contributed by atoms with van der Waals surface area (Å²) < 4.78 is 0. The molecule has 1 N–H and O–H groups in total. The fraction of sp³-hybridized carbons (Fsp3) is 0.400. The van der Waals surface area contributed by atoms with E-state index in [4.69, 9.17) is 5.11 Å². The predicted octanol–water partition coefficient (Wildman–Crippen LogP) is 3.83. The summed E-state index contributed by atoms with van der Waals surface area (Å²) in [5.41, 5.74) is 3.38. The summed E-state index contributed by atoms with van der Waals surface area (Å²) >= 11 is 0. The van der Waals surface area contributed by atoms with Gasteiger partial charge in [-0.15, -0.1) is 0 Å². The van der Waals surface area contributed by atoms with Crippen LogP contribution in [0.5, 0.6) is 0 Å². The zero-order valence-electron chi connectivity index (χ0n) is 10.1. The van der Waals surface area contributed by atoms with Crippen molar-refractivity contribution in [3.05, 3.63) is 41.5 Å². The van der Waals surface area contributed by atoms with Gasteiger partial charge in [-0.3, -0.25) is 4.79 Å². The molecule has 90 valence electrons. The minimum absolute atomic E-state index is 0.436. The molecular weight excluding hydrogens is 212 g/mol. The highest BCUT2D eigenvalue weighted by atomic mass is 16.4. The maximum absolute atomic E-state index is 11.1. The molecule has 0 aliphatic heterocycles. The quantitative estimate of drug-likeness (QED) is 0.856. The topological polar surface area (TPSA) is 37.3 Å². The molecule has 1 aromatic rings. The lowest BCUT2D eigenvalue weighted by atomic mass is 9.87. The molecule has 0 saturated carbocycles. The molecule has 1 atom stereocenters. The van der Waals surface area contributed by atoms with Crippen molar-refractivity contribution in [2.45, 2.75) is 38.5 Å². The molecule has 1 aliphatic rings. The van der Waals surface area contributed by atoms with E-state index in [9.17, 15) is 4.79 Å². The third kappa shape index (κ3) is 2.57. The standard InChI is InChI=1S/C15H18O2/c1-11(15(16)17)13-9-5-6-10-14(13)12-7-3-2-4-8-12/h5-7,9-11H,2-4,8H2,1H3,(H,16,17). The summed E-state index contributed by atoms with van der Waals surface area (Å²) in [5.74, 6) is -1.19. The number of rotatable bonds is 3. The van der Waals surface area contributed by atoms with Gasteiger partial charge in [0.1, 0.15) is 0 Å². The number of allylic oxidation sites excluding steroid dienone is 2. The molecule has 2 heteroatoms. The third-order valence-corrected chi connectivity index (χ3v) is 3.43. The molecule has 0 aromatic heterocycles. The molecule has 0 saturated heterocycles. The molecule has 1 aliphatic carbocycles. The van der Waals surface area contributed by atoms with Gasteiger partial charge in [0.15, 0.2) is 0 Å². The first-order valence-corrected chi connectivity index (χ1v) is 6.21. The van der Waals surface area contributed by atoms with E-state index in [1.807, 2.05) is 24.3 Å². The highest BCUT2D eigenvalue weighted by Gasteiger charge is 2.19. The fourth-order valence-corrected chi connectivity index (χ4v) is 2.38. The second-order valence-corrected chi connectivity index (χ2v) is 4.62. The van der Waals surface area contributed by atoms with Gasteiger partial charge < -0.3 is 5.11 Å². The van der Waals surface area contributed by atoms with Crippen molar-refractivity contribution in [3.8, 4) is 0 Å². The van der Waals surface area contributed by atoms with Crippen molar-refractivity contribution in [1.82, 2.24) is 0 Å². The Morgan fingerprint density at radius 3 is 2.71 bits per heavy atom. The van der Waals surface area contributed by atoms with Gasteiger partial charge >= 0.3 is 5.97 Å². The summed E-state index contributed by atoms with van der Waals surface area (Å²) in [7, 11) is 0. The molecule has 0 heterocycles. The van der Waals surface area contributed by atoms with Crippen LogP contribution in [0.15, 0.2) is 30.3 Å². The average Bonchev–Trinajstić information content (AvgIpc) is 2.39. The highest BCUT2D eigenvalue weighted by molar-refractivity contribution is 5.80. The molecule has 2 nitrogen and oxygen atoms in total. The number of benzene rings is 1. The number of carboxylic acids is 1. The third-order valence-electron chi connectivity index (χ3n) is 3.43. The predicted molar refractivity (Wildman–Crippen MR) is 68.9 cm³/mol. The smallest absolute Gasteiger partial charge is 0.310 e. The van der Waals surface area contributed by atoms with Crippen LogP contribution >= 0.6 is 0 Å². The Balaban J connectivity index is 2.39. The summed E-state index contributed by atoms with van der Waals surface area (Å²) in [6.45, 7) is 1.75. The fourth-order valence-electron chi connectivity index (χ4n) is 2.38. The molecule has 0 radical (unpaired) electrons. The minimum Gasteiger partial charge on any atom is -0.481 e. The lowest BCUT2D eigenvalue weighted by molar-refractivity contribution is -0.138. The number of carbonyl (C=O) groups is 1. The minimum atomic E-state index is -0.756. The number of hydrogen-bond acceptors (Lipinski definition) is 1. The Kier molecular flexibility index (Phi) is 3.62. The van der Waals surface area contributed by atoms with Gasteiger partial charge in [-0.25, -0.2) is 0 Å². The molecule has 0 bridgehead atoms. The Morgan fingerprint density at radius 1 is 1.29 bits per heavy atom. The maximum Gasteiger partial charge on any atom is 0.310 e. The molecule has 0 fully saturated rings. The Hall–Kier alpha value is -1.57. The highest BCUT2D eigenvalue weighted by Crippen LogP contribution is 2.32. The number of carboxylic acid groups (broad SMARTS) is 1. The van der Waals surface area contributed by atoms with E-state index >= 15 is 0 Å². The molecule has 1 aromatic carbocycles. The van der Waals surface area contributed by atoms with Crippen molar-refractivity contribution in [3.63, 3.8) is 0 Å². The summed E-state index contributed by atoms with van der Waals surface area (Å²) in [6, 6.07) is 7.89. The van der Waals surface area contributed by atoms with E-state index in [0.717, 1.165) is 24.0 Å². The summed E-state index contributed by atoms with van der Waals surface area (Å²) in [5, 5.41) is 9.14. The van der Waals surface area contributed by atoms with E-state index in [0.29, 0.717) is 0 Å². The van der Waals surface area contributed by atoms with Gasteiger partial charge in [-0.2, -0.15) is 0 Å². The zero-order chi connectivity index (χ0) is 12.3. The van der Waals surface area contributed by atoms with Gasteiger partial charge in [0.05, 0.1) is 5.92 Å². The average molecular weight is 230 g/mol. The van der Waals surface area contributed by atoms with Crippen molar-refractivity contribution in [2.75, 3.05) is 0 Å².